The van der Waals surface area contributed by atoms with E-state index in [-0.39, 0.29) is 23.9 Å². The number of ketones is 1. The van der Waals surface area contributed by atoms with E-state index in [4.69, 9.17) is 11.6 Å². The highest BCUT2D eigenvalue weighted by molar-refractivity contribution is 6.30. The molecule has 2 rings (SSSR count). The number of rotatable bonds is 4. The molecule has 0 aliphatic carbocycles. The fraction of sp³-hybridized carbons (Fsp3) is 0.529. The van der Waals surface area contributed by atoms with Gasteiger partial charge < -0.3 is 14.6 Å². The first-order valence-corrected chi connectivity index (χ1v) is 8.32. The lowest BCUT2D eigenvalue weighted by molar-refractivity contribution is -0.133. The third-order valence-corrected chi connectivity index (χ3v) is 3.75. The fourth-order valence-corrected chi connectivity index (χ4v) is 2.59. The summed E-state index contributed by atoms with van der Waals surface area (Å²) in [6.45, 7) is 7.89. The molecule has 1 heterocycles. The van der Waals surface area contributed by atoms with Gasteiger partial charge in [0.2, 0.25) is 5.91 Å². The lowest BCUT2D eigenvalue weighted by Gasteiger charge is -2.36. The maximum Gasteiger partial charge on any atom is 0.223 e. The maximum atomic E-state index is 13.4. The number of piperazine rings is 1. The van der Waals surface area contributed by atoms with Gasteiger partial charge in [-0.15, -0.1) is 0 Å². The van der Waals surface area contributed by atoms with E-state index in [0.717, 1.165) is 5.69 Å². The molecule has 1 amide bonds. The first-order chi connectivity index (χ1) is 11.0. The van der Waals surface area contributed by atoms with Crippen LogP contribution >= 0.6 is 11.6 Å². The smallest absolute Gasteiger partial charge is 0.223 e. The Kier molecular flexibility index (Phi) is 8.03. The van der Waals surface area contributed by atoms with Gasteiger partial charge in [0, 0.05) is 49.7 Å². The molecular weight excluding hydrogens is 319 g/mol. The molecule has 0 bridgehead atoms. The van der Waals surface area contributed by atoms with Gasteiger partial charge in [0.25, 0.3) is 0 Å². The molecule has 0 atom stereocenters. The number of hydrogen-bond donors (Lipinski definition) is 0. The monoisotopic (exact) mass is 342 g/mol. The lowest BCUT2D eigenvalue weighted by Crippen LogP contribution is -2.48. The molecule has 1 aliphatic rings. The number of carbonyl (C=O) groups excluding carboxylic acids is 2. The minimum atomic E-state index is -0.363. The fourth-order valence-electron chi connectivity index (χ4n) is 2.38. The lowest BCUT2D eigenvalue weighted by atomic mass is 10.2. The number of amides is 1. The zero-order valence-corrected chi connectivity index (χ0v) is 14.7. The molecule has 0 N–H and O–H groups in total. The molecule has 128 valence electrons. The Morgan fingerprint density at radius 1 is 1.09 bits per heavy atom. The molecule has 0 aromatic heterocycles. The summed E-state index contributed by atoms with van der Waals surface area (Å²) in [6.07, 6.45) is 0.555. The van der Waals surface area contributed by atoms with Gasteiger partial charge in [0.1, 0.15) is 11.6 Å². The second kappa shape index (κ2) is 9.50. The van der Waals surface area contributed by atoms with Crippen LogP contribution in [0.2, 0.25) is 5.02 Å². The third kappa shape index (κ3) is 6.18. The molecule has 1 aliphatic heterocycles. The van der Waals surface area contributed by atoms with Crippen molar-refractivity contribution in [2.45, 2.75) is 33.6 Å². The van der Waals surface area contributed by atoms with Crippen molar-refractivity contribution in [3.8, 4) is 0 Å². The van der Waals surface area contributed by atoms with E-state index in [1.807, 2.05) is 18.7 Å². The van der Waals surface area contributed by atoms with E-state index in [1.165, 1.54) is 19.1 Å². The normalized spacial score (nSPS) is 14.1. The quantitative estimate of drug-likeness (QED) is 0.840. The third-order valence-electron chi connectivity index (χ3n) is 3.54. The largest absolute Gasteiger partial charge is 0.368 e. The number of halogens is 2. The maximum absolute atomic E-state index is 13.4. The van der Waals surface area contributed by atoms with Crippen molar-refractivity contribution >= 4 is 29.0 Å². The first-order valence-electron chi connectivity index (χ1n) is 7.94. The van der Waals surface area contributed by atoms with Crippen LogP contribution in [-0.4, -0.2) is 42.8 Å². The van der Waals surface area contributed by atoms with Gasteiger partial charge >= 0.3 is 0 Å². The molecule has 0 spiro atoms. The van der Waals surface area contributed by atoms with E-state index in [1.54, 1.807) is 11.0 Å². The van der Waals surface area contributed by atoms with Crippen LogP contribution in [0, 0.1) is 5.82 Å². The molecule has 1 aromatic rings. The zero-order valence-electron chi connectivity index (χ0n) is 13.9. The molecule has 0 radical (unpaired) electrons. The molecule has 1 aromatic carbocycles. The Hall–Kier alpha value is -1.62. The summed E-state index contributed by atoms with van der Waals surface area (Å²) in [5, 5.41) is 0.366. The summed E-state index contributed by atoms with van der Waals surface area (Å²) in [4.78, 5) is 26.6. The van der Waals surface area contributed by atoms with Crippen molar-refractivity contribution in [3.05, 3.63) is 29.0 Å². The zero-order chi connectivity index (χ0) is 17.4. The summed E-state index contributed by atoms with van der Waals surface area (Å²) >= 11 is 5.86. The Balaban J connectivity index is 0.00000127. The van der Waals surface area contributed by atoms with Gasteiger partial charge in [-0.05, 0) is 25.1 Å². The number of benzene rings is 1. The van der Waals surface area contributed by atoms with Crippen molar-refractivity contribution < 1.29 is 14.0 Å². The Bertz CT molecular complexity index is 523. The highest BCUT2D eigenvalue weighted by atomic mass is 35.5. The molecule has 23 heavy (non-hydrogen) atoms. The minimum absolute atomic E-state index is 0.00197. The van der Waals surface area contributed by atoms with Gasteiger partial charge in [-0.2, -0.15) is 0 Å². The van der Waals surface area contributed by atoms with Crippen LogP contribution in [0.25, 0.3) is 0 Å². The molecule has 4 nitrogen and oxygen atoms in total. The number of anilines is 1. The number of nitrogens with zero attached hydrogens (tertiary/aromatic N) is 2. The van der Waals surface area contributed by atoms with Gasteiger partial charge in [0.05, 0.1) is 0 Å². The van der Waals surface area contributed by atoms with Crippen molar-refractivity contribution in [2.75, 3.05) is 31.1 Å². The van der Waals surface area contributed by atoms with Crippen molar-refractivity contribution in [2.24, 2.45) is 0 Å². The van der Waals surface area contributed by atoms with E-state index in [0.29, 0.717) is 37.6 Å². The summed E-state index contributed by atoms with van der Waals surface area (Å²) in [6, 6.07) is 4.43. The van der Waals surface area contributed by atoms with Crippen LogP contribution in [0.15, 0.2) is 18.2 Å². The summed E-state index contributed by atoms with van der Waals surface area (Å²) in [5.41, 5.74) is 0.732. The molecule has 0 unspecified atom stereocenters. The van der Waals surface area contributed by atoms with Crippen LogP contribution in [0.1, 0.15) is 33.6 Å². The number of carbonyl (C=O) groups is 2. The van der Waals surface area contributed by atoms with E-state index >= 15 is 0 Å². The average molecular weight is 343 g/mol. The highest BCUT2D eigenvalue weighted by Crippen LogP contribution is 2.23. The van der Waals surface area contributed by atoms with E-state index in [9.17, 15) is 14.0 Å². The Labute approximate surface area is 142 Å². The second-order valence-corrected chi connectivity index (χ2v) is 5.63. The number of hydrogen-bond acceptors (Lipinski definition) is 3. The second-order valence-electron chi connectivity index (χ2n) is 5.20. The predicted octanol–water partition coefficient (Wildman–Crippen LogP) is 3.52. The van der Waals surface area contributed by atoms with Crippen LogP contribution < -0.4 is 4.90 Å². The average Bonchev–Trinajstić information content (AvgIpc) is 2.53. The Morgan fingerprint density at radius 2 is 1.70 bits per heavy atom. The van der Waals surface area contributed by atoms with Crippen molar-refractivity contribution in [3.63, 3.8) is 0 Å². The molecule has 6 heteroatoms. The topological polar surface area (TPSA) is 40.6 Å². The van der Waals surface area contributed by atoms with E-state index < -0.39 is 0 Å². The standard InChI is InChI=1S/C15H18ClFN2O2.C2H6/c1-11(20)2-3-15(21)19-6-4-18(5-7-19)14-9-12(16)8-13(17)10-14;1-2/h8-10H,2-7H2,1H3;1-2H3. The summed E-state index contributed by atoms with van der Waals surface area (Å²) in [7, 11) is 0. The number of Topliss-reactive ketones (excluding diaryl/α,β-unsaturated/α-hetero) is 1. The summed E-state index contributed by atoms with van der Waals surface area (Å²) < 4.78 is 13.4. The van der Waals surface area contributed by atoms with Gasteiger partial charge in [-0.3, -0.25) is 4.79 Å². The highest BCUT2D eigenvalue weighted by Gasteiger charge is 2.21. The van der Waals surface area contributed by atoms with Gasteiger partial charge in [-0.1, -0.05) is 25.4 Å². The van der Waals surface area contributed by atoms with Gasteiger partial charge in [-0.25, -0.2) is 4.39 Å². The SMILES string of the molecule is CC.CC(=O)CCC(=O)N1CCN(c2cc(F)cc(Cl)c2)CC1. The molecule has 0 saturated carbocycles. The minimum Gasteiger partial charge on any atom is -0.368 e. The first kappa shape index (κ1) is 19.4. The molecule has 1 saturated heterocycles. The Morgan fingerprint density at radius 3 is 2.22 bits per heavy atom. The van der Waals surface area contributed by atoms with Gasteiger partial charge in [0.15, 0.2) is 0 Å². The summed E-state index contributed by atoms with van der Waals surface area (Å²) in [5.74, 6) is -0.337. The van der Waals surface area contributed by atoms with Crippen LogP contribution in [0.4, 0.5) is 10.1 Å². The predicted molar refractivity (Wildman–Crippen MR) is 91.5 cm³/mol. The van der Waals surface area contributed by atoms with Crippen LogP contribution in [0.5, 0.6) is 0 Å². The molecule has 1 fully saturated rings. The van der Waals surface area contributed by atoms with Crippen molar-refractivity contribution in [1.29, 1.82) is 0 Å². The van der Waals surface area contributed by atoms with Crippen LogP contribution in [-0.2, 0) is 9.59 Å². The molecular formula is C17H24ClFN2O2. The van der Waals surface area contributed by atoms with E-state index in [2.05, 4.69) is 0 Å². The van der Waals surface area contributed by atoms with Crippen LogP contribution in [0.3, 0.4) is 0 Å². The van der Waals surface area contributed by atoms with Crippen molar-refractivity contribution in [1.82, 2.24) is 4.90 Å².